The number of nitrogens with one attached hydrogen (secondary N) is 1. The van der Waals surface area contributed by atoms with Gasteiger partial charge in [-0.2, -0.15) is 0 Å². The number of piperidine rings is 1. The Labute approximate surface area is 153 Å². The predicted molar refractivity (Wildman–Crippen MR) is 97.9 cm³/mol. The zero-order chi connectivity index (χ0) is 18.9. The Kier molecular flexibility index (Phi) is 7.47. The second kappa shape index (κ2) is 9.82. The van der Waals surface area contributed by atoms with Crippen LogP contribution in [0.5, 0.6) is 5.75 Å². The lowest BCUT2D eigenvalue weighted by Crippen LogP contribution is -2.32. The number of nitrogens with zero attached hydrogens (tertiary/aromatic N) is 1. The maximum Gasteiger partial charge on any atom is 0.354 e. The first kappa shape index (κ1) is 19.8. The third-order valence-electron chi connectivity index (χ3n) is 4.34. The normalized spacial score (nSPS) is 16.0. The SMILES string of the molecule is COC(=O)/C=C(/Nc1ccccc1OCC1CCN(C)CC1)C(=O)OC. The highest BCUT2D eigenvalue weighted by molar-refractivity contribution is 5.99. The highest BCUT2D eigenvalue weighted by Crippen LogP contribution is 2.27. The van der Waals surface area contributed by atoms with Gasteiger partial charge in [-0.25, -0.2) is 9.59 Å². The van der Waals surface area contributed by atoms with Gasteiger partial charge in [0.25, 0.3) is 0 Å². The predicted octanol–water partition coefficient (Wildman–Crippen LogP) is 2.05. The number of para-hydroxylation sites is 2. The Morgan fingerprint density at radius 2 is 1.88 bits per heavy atom. The lowest BCUT2D eigenvalue weighted by Gasteiger charge is -2.29. The van der Waals surface area contributed by atoms with E-state index in [9.17, 15) is 9.59 Å². The van der Waals surface area contributed by atoms with Crippen LogP contribution >= 0.6 is 0 Å². The minimum Gasteiger partial charge on any atom is -0.491 e. The summed E-state index contributed by atoms with van der Waals surface area (Å²) in [6, 6.07) is 7.27. The van der Waals surface area contributed by atoms with E-state index >= 15 is 0 Å². The first-order valence-corrected chi connectivity index (χ1v) is 8.58. The van der Waals surface area contributed by atoms with Gasteiger partial charge < -0.3 is 24.4 Å². The molecule has 0 atom stereocenters. The van der Waals surface area contributed by atoms with Gasteiger partial charge >= 0.3 is 11.9 Å². The number of hydrogen-bond acceptors (Lipinski definition) is 7. The molecule has 0 radical (unpaired) electrons. The van der Waals surface area contributed by atoms with E-state index in [1.165, 1.54) is 14.2 Å². The molecular weight excluding hydrogens is 336 g/mol. The fraction of sp³-hybridized carbons (Fsp3) is 0.474. The van der Waals surface area contributed by atoms with Crippen LogP contribution in [0.25, 0.3) is 0 Å². The van der Waals surface area contributed by atoms with Gasteiger partial charge in [0.15, 0.2) is 0 Å². The smallest absolute Gasteiger partial charge is 0.354 e. The molecular formula is C19H26N2O5. The van der Waals surface area contributed by atoms with Gasteiger partial charge in [0.2, 0.25) is 0 Å². The summed E-state index contributed by atoms with van der Waals surface area (Å²) in [4.78, 5) is 25.7. The Balaban J connectivity index is 2.07. The van der Waals surface area contributed by atoms with Crippen molar-refractivity contribution < 1.29 is 23.8 Å². The van der Waals surface area contributed by atoms with Crippen molar-refractivity contribution in [1.82, 2.24) is 4.90 Å². The molecule has 0 amide bonds. The molecule has 142 valence electrons. The van der Waals surface area contributed by atoms with Crippen LogP contribution in [0.15, 0.2) is 36.0 Å². The highest BCUT2D eigenvalue weighted by atomic mass is 16.5. The number of rotatable bonds is 7. The fourth-order valence-corrected chi connectivity index (χ4v) is 2.71. The maximum absolute atomic E-state index is 11.9. The third kappa shape index (κ3) is 5.77. The van der Waals surface area contributed by atoms with E-state index in [1.54, 1.807) is 6.07 Å². The molecule has 1 aliphatic rings. The molecule has 0 bridgehead atoms. The molecule has 1 aromatic carbocycles. The standard InChI is InChI=1S/C19H26N2O5/c1-21-10-8-14(9-11-21)13-26-17-7-5-4-6-15(17)20-16(19(23)25-3)12-18(22)24-2/h4-7,12,14,20H,8-11,13H2,1-3H3/b16-12+. The first-order chi connectivity index (χ1) is 12.5. The van der Waals surface area contributed by atoms with Gasteiger partial charge in [0, 0.05) is 0 Å². The Morgan fingerprint density at radius 1 is 1.19 bits per heavy atom. The summed E-state index contributed by atoms with van der Waals surface area (Å²) in [7, 11) is 4.61. The molecule has 1 N–H and O–H groups in total. The van der Waals surface area contributed by atoms with Gasteiger partial charge in [0.1, 0.15) is 11.4 Å². The molecule has 7 nitrogen and oxygen atoms in total. The van der Waals surface area contributed by atoms with Gasteiger partial charge in [-0.15, -0.1) is 0 Å². The highest BCUT2D eigenvalue weighted by Gasteiger charge is 2.19. The summed E-state index contributed by atoms with van der Waals surface area (Å²) in [6.45, 7) is 2.76. The van der Waals surface area contributed by atoms with Crippen molar-refractivity contribution >= 4 is 17.6 Å². The molecule has 0 aliphatic carbocycles. The molecule has 26 heavy (non-hydrogen) atoms. The lowest BCUT2D eigenvalue weighted by molar-refractivity contribution is -0.138. The van der Waals surface area contributed by atoms with Crippen LogP contribution < -0.4 is 10.1 Å². The maximum atomic E-state index is 11.9. The number of carbonyl (C=O) groups excluding carboxylic acids is 2. The van der Waals surface area contributed by atoms with E-state index in [-0.39, 0.29) is 5.70 Å². The third-order valence-corrected chi connectivity index (χ3v) is 4.34. The van der Waals surface area contributed by atoms with Crippen LogP contribution in [0.4, 0.5) is 5.69 Å². The summed E-state index contributed by atoms with van der Waals surface area (Å²) in [5, 5.41) is 2.91. The van der Waals surface area contributed by atoms with Crippen LogP contribution in [-0.4, -0.2) is 57.8 Å². The summed E-state index contributed by atoms with van der Waals surface area (Å²) >= 11 is 0. The zero-order valence-corrected chi connectivity index (χ0v) is 15.5. The number of anilines is 1. The molecule has 1 aromatic rings. The fourth-order valence-electron chi connectivity index (χ4n) is 2.71. The van der Waals surface area contributed by atoms with E-state index in [4.69, 9.17) is 9.47 Å². The van der Waals surface area contributed by atoms with Crippen molar-refractivity contribution in [3.8, 4) is 5.75 Å². The molecule has 1 fully saturated rings. The minimum atomic E-state index is -0.666. The largest absolute Gasteiger partial charge is 0.491 e. The Morgan fingerprint density at radius 3 is 2.54 bits per heavy atom. The molecule has 0 spiro atoms. The van der Waals surface area contributed by atoms with Crippen LogP contribution in [-0.2, 0) is 19.1 Å². The molecule has 1 heterocycles. The van der Waals surface area contributed by atoms with Crippen molar-refractivity contribution in [2.75, 3.05) is 46.3 Å². The molecule has 7 heteroatoms. The molecule has 1 saturated heterocycles. The first-order valence-electron chi connectivity index (χ1n) is 8.58. The molecule has 0 unspecified atom stereocenters. The van der Waals surface area contributed by atoms with Gasteiger partial charge in [-0.05, 0) is 51.0 Å². The summed E-state index contributed by atoms with van der Waals surface area (Å²) < 4.78 is 15.3. The number of benzene rings is 1. The molecule has 0 aromatic heterocycles. The van der Waals surface area contributed by atoms with Gasteiger partial charge in [-0.1, -0.05) is 12.1 Å². The van der Waals surface area contributed by atoms with Gasteiger partial charge in [-0.3, -0.25) is 0 Å². The minimum absolute atomic E-state index is 0.0188. The second-order valence-corrected chi connectivity index (χ2v) is 6.25. The lowest BCUT2D eigenvalue weighted by atomic mass is 9.98. The Bertz CT molecular complexity index is 651. The number of esters is 2. The average molecular weight is 362 g/mol. The van der Waals surface area contributed by atoms with Crippen molar-refractivity contribution in [2.45, 2.75) is 12.8 Å². The van der Waals surface area contributed by atoms with E-state index in [1.807, 2.05) is 18.2 Å². The average Bonchev–Trinajstić information content (AvgIpc) is 2.67. The number of likely N-dealkylation sites (tertiary alicyclic amines) is 1. The van der Waals surface area contributed by atoms with E-state index < -0.39 is 11.9 Å². The van der Waals surface area contributed by atoms with Crippen molar-refractivity contribution in [3.63, 3.8) is 0 Å². The van der Waals surface area contributed by atoms with E-state index in [0.29, 0.717) is 24.0 Å². The van der Waals surface area contributed by atoms with Crippen molar-refractivity contribution in [1.29, 1.82) is 0 Å². The van der Waals surface area contributed by atoms with E-state index in [0.717, 1.165) is 32.0 Å². The molecule has 1 aliphatic heterocycles. The summed E-state index contributed by atoms with van der Waals surface area (Å²) in [6.07, 6.45) is 3.25. The number of carbonyl (C=O) groups is 2. The zero-order valence-electron chi connectivity index (χ0n) is 15.5. The molecule has 0 saturated carbocycles. The number of hydrogen-bond donors (Lipinski definition) is 1. The van der Waals surface area contributed by atoms with Crippen LogP contribution in [0.3, 0.4) is 0 Å². The summed E-state index contributed by atoms with van der Waals surface area (Å²) in [5.74, 6) is -0.195. The van der Waals surface area contributed by atoms with Gasteiger partial charge in [0.05, 0.1) is 32.6 Å². The summed E-state index contributed by atoms with van der Waals surface area (Å²) in [5.41, 5.74) is 0.565. The van der Waals surface area contributed by atoms with Crippen molar-refractivity contribution in [2.24, 2.45) is 5.92 Å². The topological polar surface area (TPSA) is 77.1 Å². The quantitative estimate of drug-likeness (QED) is 0.587. The van der Waals surface area contributed by atoms with E-state index in [2.05, 4.69) is 22.0 Å². The number of methoxy groups -OCH3 is 2. The monoisotopic (exact) mass is 362 g/mol. The van der Waals surface area contributed by atoms with Crippen molar-refractivity contribution in [3.05, 3.63) is 36.0 Å². The Hall–Kier alpha value is -2.54. The van der Waals surface area contributed by atoms with Crippen LogP contribution in [0, 0.1) is 5.92 Å². The number of ether oxygens (including phenoxy) is 3. The van der Waals surface area contributed by atoms with Crippen LogP contribution in [0.2, 0.25) is 0 Å². The molecule has 2 rings (SSSR count). The van der Waals surface area contributed by atoms with Crippen LogP contribution in [0.1, 0.15) is 12.8 Å². The second-order valence-electron chi connectivity index (χ2n) is 6.25.